The molecule has 0 amide bonds. The summed E-state index contributed by atoms with van der Waals surface area (Å²) >= 11 is 18.2. The van der Waals surface area contributed by atoms with Crippen LogP contribution in [0.25, 0.3) is 0 Å². The second-order valence-electron chi connectivity index (χ2n) is 5.72. The van der Waals surface area contributed by atoms with Crippen molar-refractivity contribution in [3.8, 4) is 0 Å². The highest BCUT2D eigenvalue weighted by Crippen LogP contribution is 2.34. The number of hydrogen-bond donors (Lipinski definition) is 0. The molecule has 0 N–H and O–H groups in total. The Labute approximate surface area is 160 Å². The Kier molecular flexibility index (Phi) is 5.42. The minimum Gasteiger partial charge on any atom is -0.309 e. The van der Waals surface area contributed by atoms with Crippen LogP contribution in [0.15, 0.2) is 55.1 Å². The summed E-state index contributed by atoms with van der Waals surface area (Å²) in [5.74, 6) is -0.268. The molecule has 2 atom stereocenters. The van der Waals surface area contributed by atoms with Gasteiger partial charge in [-0.2, -0.15) is 0 Å². The topological polar surface area (TPSA) is 47.8 Å². The van der Waals surface area contributed by atoms with E-state index in [-0.39, 0.29) is 11.7 Å². The van der Waals surface area contributed by atoms with Gasteiger partial charge in [-0.05, 0) is 48.0 Å². The zero-order chi connectivity index (χ0) is 18.0. The van der Waals surface area contributed by atoms with Crippen LogP contribution in [-0.2, 0) is 0 Å². The summed E-state index contributed by atoms with van der Waals surface area (Å²) < 4.78 is 1.69. The molecule has 7 heteroatoms. The van der Waals surface area contributed by atoms with Gasteiger partial charge in [-0.15, -0.1) is 10.2 Å². The SMILES string of the molecule is CC(c1cc(Cl)cc(Cl)c1)C(C(=O)c1ccc(Cl)cc1)n1cnnc1. The maximum Gasteiger partial charge on any atom is 0.186 e. The number of benzene rings is 2. The van der Waals surface area contributed by atoms with Crippen LogP contribution in [0, 0.1) is 0 Å². The van der Waals surface area contributed by atoms with Gasteiger partial charge >= 0.3 is 0 Å². The van der Waals surface area contributed by atoms with Crippen molar-refractivity contribution in [3.05, 3.63) is 81.3 Å². The van der Waals surface area contributed by atoms with E-state index in [0.717, 1.165) is 5.56 Å². The Morgan fingerprint density at radius 3 is 2.04 bits per heavy atom. The number of rotatable bonds is 5. The Morgan fingerprint density at radius 2 is 1.48 bits per heavy atom. The maximum absolute atomic E-state index is 13.2. The molecule has 0 fully saturated rings. The third-order valence-electron chi connectivity index (χ3n) is 4.04. The van der Waals surface area contributed by atoms with Crippen molar-refractivity contribution < 1.29 is 4.79 Å². The minimum atomic E-state index is -0.536. The Balaban J connectivity index is 2.03. The van der Waals surface area contributed by atoms with Crippen LogP contribution < -0.4 is 0 Å². The quantitative estimate of drug-likeness (QED) is 0.539. The minimum absolute atomic E-state index is 0.0694. The second kappa shape index (κ2) is 7.56. The molecule has 128 valence electrons. The van der Waals surface area contributed by atoms with Crippen molar-refractivity contribution in [1.82, 2.24) is 14.8 Å². The van der Waals surface area contributed by atoms with E-state index >= 15 is 0 Å². The van der Waals surface area contributed by atoms with E-state index in [1.165, 1.54) is 12.7 Å². The Morgan fingerprint density at radius 1 is 0.920 bits per heavy atom. The molecule has 2 aromatic carbocycles. The van der Waals surface area contributed by atoms with E-state index in [9.17, 15) is 4.79 Å². The van der Waals surface area contributed by atoms with Gasteiger partial charge in [0.1, 0.15) is 18.7 Å². The molecule has 2 unspecified atom stereocenters. The Hall–Kier alpha value is -1.88. The number of ketones is 1. The Bertz CT molecular complexity index is 859. The largest absolute Gasteiger partial charge is 0.309 e. The third kappa shape index (κ3) is 4.03. The lowest BCUT2D eigenvalue weighted by molar-refractivity contribution is 0.0909. The van der Waals surface area contributed by atoms with Crippen molar-refractivity contribution in [2.24, 2.45) is 0 Å². The van der Waals surface area contributed by atoms with Crippen molar-refractivity contribution >= 4 is 40.6 Å². The number of carbonyl (C=O) groups excluding carboxylic acids is 1. The zero-order valence-electron chi connectivity index (χ0n) is 13.2. The number of nitrogens with zero attached hydrogens (tertiary/aromatic N) is 3. The van der Waals surface area contributed by atoms with Crippen molar-refractivity contribution in [1.29, 1.82) is 0 Å². The predicted octanol–water partition coefficient (Wildman–Crippen LogP) is 5.47. The van der Waals surface area contributed by atoms with Crippen LogP contribution in [0.3, 0.4) is 0 Å². The summed E-state index contributed by atoms with van der Waals surface area (Å²) in [6.45, 7) is 1.94. The summed E-state index contributed by atoms with van der Waals surface area (Å²) in [6, 6.07) is 11.5. The second-order valence-corrected chi connectivity index (χ2v) is 7.03. The first-order valence-electron chi connectivity index (χ1n) is 7.55. The highest BCUT2D eigenvalue weighted by Gasteiger charge is 2.29. The highest BCUT2D eigenvalue weighted by molar-refractivity contribution is 6.34. The fraction of sp³-hybridized carbons (Fsp3) is 0.167. The maximum atomic E-state index is 13.2. The molecule has 0 aliphatic carbocycles. The lowest BCUT2D eigenvalue weighted by Crippen LogP contribution is -2.24. The summed E-state index contributed by atoms with van der Waals surface area (Å²) in [5.41, 5.74) is 1.42. The van der Waals surface area contributed by atoms with E-state index in [0.29, 0.717) is 20.6 Å². The lowest BCUT2D eigenvalue weighted by atomic mass is 9.88. The molecule has 25 heavy (non-hydrogen) atoms. The average Bonchev–Trinajstić information content (AvgIpc) is 3.08. The number of Topliss-reactive ketones (excluding diaryl/α,β-unsaturated/α-hetero) is 1. The van der Waals surface area contributed by atoms with Crippen molar-refractivity contribution in [2.45, 2.75) is 18.9 Å². The number of aromatic nitrogens is 3. The van der Waals surface area contributed by atoms with Crippen molar-refractivity contribution in [2.75, 3.05) is 0 Å². The standard InChI is InChI=1S/C18H14Cl3N3O/c1-11(13-6-15(20)8-16(21)7-13)17(24-9-22-23-10-24)18(25)12-2-4-14(19)5-3-12/h2-11,17H,1H3. The summed E-state index contributed by atoms with van der Waals surface area (Å²) in [4.78, 5) is 13.2. The molecule has 0 aliphatic rings. The van der Waals surface area contributed by atoms with E-state index in [4.69, 9.17) is 34.8 Å². The van der Waals surface area contributed by atoms with Gasteiger partial charge in [-0.3, -0.25) is 4.79 Å². The lowest BCUT2D eigenvalue weighted by Gasteiger charge is -2.24. The fourth-order valence-corrected chi connectivity index (χ4v) is 3.45. The predicted molar refractivity (Wildman–Crippen MR) is 99.7 cm³/mol. The molecule has 4 nitrogen and oxygen atoms in total. The zero-order valence-corrected chi connectivity index (χ0v) is 15.5. The van der Waals surface area contributed by atoms with E-state index in [1.807, 2.05) is 19.1 Å². The van der Waals surface area contributed by atoms with Gasteiger partial charge < -0.3 is 4.57 Å². The van der Waals surface area contributed by atoms with Crippen LogP contribution >= 0.6 is 34.8 Å². The molecular weight excluding hydrogens is 381 g/mol. The molecule has 3 aromatic rings. The van der Waals surface area contributed by atoms with Crippen LogP contribution in [0.2, 0.25) is 15.1 Å². The fourth-order valence-electron chi connectivity index (χ4n) is 2.78. The molecule has 0 aliphatic heterocycles. The van der Waals surface area contributed by atoms with Gasteiger partial charge in [0.05, 0.1) is 0 Å². The van der Waals surface area contributed by atoms with Crippen LogP contribution in [0.5, 0.6) is 0 Å². The average molecular weight is 395 g/mol. The molecular formula is C18H14Cl3N3O. The van der Waals surface area contributed by atoms with Crippen molar-refractivity contribution in [3.63, 3.8) is 0 Å². The first kappa shape index (κ1) is 17.9. The molecule has 1 aromatic heterocycles. The van der Waals surface area contributed by atoms with Gasteiger partial charge in [-0.1, -0.05) is 41.7 Å². The molecule has 0 radical (unpaired) electrons. The van der Waals surface area contributed by atoms with Crippen LogP contribution in [0.4, 0.5) is 0 Å². The first-order valence-corrected chi connectivity index (χ1v) is 8.69. The summed E-state index contributed by atoms with van der Waals surface area (Å²) in [6.07, 6.45) is 3.06. The van der Waals surface area contributed by atoms with Gasteiger partial charge in [-0.25, -0.2) is 0 Å². The molecule has 1 heterocycles. The summed E-state index contributed by atoms with van der Waals surface area (Å²) in [7, 11) is 0. The van der Waals surface area contributed by atoms with E-state index in [1.54, 1.807) is 34.9 Å². The monoisotopic (exact) mass is 393 g/mol. The van der Waals surface area contributed by atoms with Gasteiger partial charge in [0, 0.05) is 26.5 Å². The normalized spacial score (nSPS) is 13.4. The first-order chi connectivity index (χ1) is 12.0. The highest BCUT2D eigenvalue weighted by atomic mass is 35.5. The molecule has 0 spiro atoms. The van der Waals surface area contributed by atoms with Crippen LogP contribution in [-0.4, -0.2) is 20.5 Å². The molecule has 0 saturated heterocycles. The van der Waals surface area contributed by atoms with E-state index in [2.05, 4.69) is 10.2 Å². The smallest absolute Gasteiger partial charge is 0.186 e. The molecule has 0 saturated carbocycles. The van der Waals surface area contributed by atoms with Gasteiger partial charge in [0.2, 0.25) is 0 Å². The number of halogens is 3. The molecule has 3 rings (SSSR count). The van der Waals surface area contributed by atoms with E-state index < -0.39 is 6.04 Å². The van der Waals surface area contributed by atoms with Crippen LogP contribution in [0.1, 0.15) is 34.8 Å². The number of carbonyl (C=O) groups is 1. The van der Waals surface area contributed by atoms with Gasteiger partial charge in [0.25, 0.3) is 0 Å². The van der Waals surface area contributed by atoms with Gasteiger partial charge in [0.15, 0.2) is 5.78 Å². The molecule has 0 bridgehead atoms. The summed E-state index contributed by atoms with van der Waals surface area (Å²) in [5, 5.41) is 9.29. The number of hydrogen-bond acceptors (Lipinski definition) is 3. The third-order valence-corrected chi connectivity index (χ3v) is 4.73.